The van der Waals surface area contributed by atoms with Crippen LogP contribution in [0.15, 0.2) is 36.5 Å². The fraction of sp³-hybridized carbons (Fsp3) is 0.892. The fourth-order valence-electron chi connectivity index (χ4n) is 11.3. The van der Waals surface area contributed by atoms with Crippen molar-refractivity contribution in [3.63, 3.8) is 0 Å². The van der Waals surface area contributed by atoms with Gasteiger partial charge >= 0.3 is 5.97 Å². The Hall–Kier alpha value is -1.92. The number of rotatable bonds is 68. The molecule has 6 heteroatoms. The molecule has 2 atom stereocenters. The van der Waals surface area contributed by atoms with Crippen molar-refractivity contribution in [2.75, 3.05) is 13.2 Å². The number of esters is 1. The van der Waals surface area contributed by atoms with E-state index in [0.717, 1.165) is 44.9 Å². The first-order valence-electron chi connectivity index (χ1n) is 36.3. The second-order valence-corrected chi connectivity index (χ2v) is 24.9. The highest BCUT2D eigenvalue weighted by Gasteiger charge is 2.18. The lowest BCUT2D eigenvalue weighted by molar-refractivity contribution is -0.143. The molecule has 0 spiro atoms. The van der Waals surface area contributed by atoms with E-state index in [-0.39, 0.29) is 18.5 Å². The molecule has 0 saturated heterocycles. The van der Waals surface area contributed by atoms with E-state index < -0.39 is 12.1 Å². The highest BCUT2D eigenvalue weighted by molar-refractivity contribution is 5.76. The Morgan fingerprint density at radius 2 is 0.588 bits per heavy atom. The van der Waals surface area contributed by atoms with Gasteiger partial charge in [0.25, 0.3) is 0 Å². The molecule has 0 aliphatic rings. The smallest absolute Gasteiger partial charge is 0.305 e. The molecule has 6 nitrogen and oxygen atoms in total. The lowest BCUT2D eigenvalue weighted by Gasteiger charge is -2.20. The lowest BCUT2D eigenvalue weighted by Crippen LogP contribution is -2.45. The van der Waals surface area contributed by atoms with Gasteiger partial charge in [-0.05, 0) is 83.5 Å². The van der Waals surface area contributed by atoms with Crippen LogP contribution >= 0.6 is 0 Å². The summed E-state index contributed by atoms with van der Waals surface area (Å²) >= 11 is 0. The summed E-state index contributed by atoms with van der Waals surface area (Å²) in [5.74, 6) is -0.0568. The predicted molar refractivity (Wildman–Crippen MR) is 352 cm³/mol. The number of hydrogen-bond donors (Lipinski definition) is 3. The van der Waals surface area contributed by atoms with Gasteiger partial charge in [0, 0.05) is 12.8 Å². The molecule has 472 valence electrons. The molecule has 80 heavy (non-hydrogen) atoms. The van der Waals surface area contributed by atoms with Gasteiger partial charge in [-0.2, -0.15) is 0 Å². The van der Waals surface area contributed by atoms with Crippen molar-refractivity contribution < 1.29 is 24.5 Å². The third kappa shape index (κ3) is 65.2. The Balaban J connectivity index is 3.41. The van der Waals surface area contributed by atoms with E-state index in [1.54, 1.807) is 6.08 Å². The minimum absolute atomic E-state index is 0.0123. The summed E-state index contributed by atoms with van der Waals surface area (Å²) in [6.45, 7) is 4.93. The zero-order valence-electron chi connectivity index (χ0n) is 54.1. The molecule has 0 radical (unpaired) electrons. The molecule has 0 aromatic carbocycles. The quantitative estimate of drug-likeness (QED) is 0.0320. The number of aliphatic hydroxyl groups excluding tert-OH is 2. The minimum atomic E-state index is -0.849. The van der Waals surface area contributed by atoms with Gasteiger partial charge < -0.3 is 20.3 Å². The van der Waals surface area contributed by atoms with Crippen LogP contribution in [0.1, 0.15) is 399 Å². The van der Waals surface area contributed by atoms with Crippen molar-refractivity contribution in [1.29, 1.82) is 0 Å². The summed E-state index contributed by atoms with van der Waals surface area (Å²) in [6.07, 6.45) is 89.4. The van der Waals surface area contributed by atoms with E-state index in [1.165, 1.54) is 327 Å². The fourth-order valence-corrected chi connectivity index (χ4v) is 11.3. The second-order valence-electron chi connectivity index (χ2n) is 24.9. The number of aliphatic hydroxyl groups is 2. The monoisotopic (exact) mass is 1120 g/mol. The summed E-state index contributed by atoms with van der Waals surface area (Å²) in [4.78, 5) is 24.6. The first-order valence-corrected chi connectivity index (χ1v) is 36.3. The second kappa shape index (κ2) is 69.6. The topological polar surface area (TPSA) is 95.9 Å². The highest BCUT2D eigenvalue weighted by Crippen LogP contribution is 2.18. The number of allylic oxidation sites excluding steroid dienone is 5. The number of unbranched alkanes of at least 4 members (excludes halogenated alkanes) is 53. The summed E-state index contributed by atoms with van der Waals surface area (Å²) < 4.78 is 5.51. The number of amides is 1. The van der Waals surface area contributed by atoms with Crippen LogP contribution in [-0.2, 0) is 14.3 Å². The molecule has 0 rings (SSSR count). The number of ether oxygens (including phenoxy) is 1. The molecular weight excluding hydrogens is 983 g/mol. The molecule has 0 aromatic heterocycles. The summed E-state index contributed by atoms with van der Waals surface area (Å²) in [5, 5.41) is 23.2. The lowest BCUT2D eigenvalue weighted by atomic mass is 10.0. The van der Waals surface area contributed by atoms with E-state index in [0.29, 0.717) is 19.4 Å². The summed E-state index contributed by atoms with van der Waals surface area (Å²) in [6, 6.07) is -0.632. The molecule has 2 unspecified atom stereocenters. The van der Waals surface area contributed by atoms with E-state index in [1.807, 2.05) is 6.08 Å². The van der Waals surface area contributed by atoms with Gasteiger partial charge in [-0.25, -0.2) is 0 Å². The first kappa shape index (κ1) is 78.1. The Kier molecular flexibility index (Phi) is 67.9. The van der Waals surface area contributed by atoms with Gasteiger partial charge in [0.1, 0.15) is 0 Å². The Morgan fingerprint density at radius 1 is 0.338 bits per heavy atom. The van der Waals surface area contributed by atoms with Crippen LogP contribution in [-0.4, -0.2) is 47.4 Å². The Morgan fingerprint density at radius 3 is 0.887 bits per heavy atom. The van der Waals surface area contributed by atoms with Crippen molar-refractivity contribution >= 4 is 11.9 Å². The van der Waals surface area contributed by atoms with Gasteiger partial charge in [-0.1, -0.05) is 339 Å². The van der Waals surface area contributed by atoms with Crippen molar-refractivity contribution in [1.82, 2.24) is 5.32 Å². The molecule has 0 aliphatic heterocycles. The van der Waals surface area contributed by atoms with E-state index in [4.69, 9.17) is 4.74 Å². The molecule has 0 heterocycles. The van der Waals surface area contributed by atoms with Crippen LogP contribution in [0.25, 0.3) is 0 Å². The molecule has 3 N–H and O–H groups in total. The van der Waals surface area contributed by atoms with Gasteiger partial charge in [-0.3, -0.25) is 9.59 Å². The molecule has 0 fully saturated rings. The van der Waals surface area contributed by atoms with Crippen LogP contribution in [0.2, 0.25) is 0 Å². The SMILES string of the molecule is CCCCCCCC/C=C\CCCCCCCCCCCC(=O)OCCCCCCCCCCCCCC/C=C\CCCCCCCCCCC(=O)NC(CO)C(O)/C=C/CCCCCCCCCCCCCCCCCCCC. The maximum absolute atomic E-state index is 12.5. The van der Waals surface area contributed by atoms with Gasteiger partial charge in [0.15, 0.2) is 0 Å². The van der Waals surface area contributed by atoms with E-state index in [9.17, 15) is 19.8 Å². The van der Waals surface area contributed by atoms with Gasteiger partial charge in [0.2, 0.25) is 5.91 Å². The molecule has 0 aromatic rings. The number of carbonyl (C=O) groups is 2. The third-order valence-corrected chi connectivity index (χ3v) is 16.9. The van der Waals surface area contributed by atoms with Crippen molar-refractivity contribution in [3.05, 3.63) is 36.5 Å². The Labute approximate surface area is 500 Å². The normalized spacial score (nSPS) is 12.7. The summed E-state index contributed by atoms with van der Waals surface area (Å²) in [7, 11) is 0. The first-order chi connectivity index (χ1) is 39.5. The van der Waals surface area contributed by atoms with Crippen molar-refractivity contribution in [2.24, 2.45) is 0 Å². The van der Waals surface area contributed by atoms with Crippen molar-refractivity contribution in [2.45, 2.75) is 411 Å². The van der Waals surface area contributed by atoms with Crippen LogP contribution in [0, 0.1) is 0 Å². The van der Waals surface area contributed by atoms with E-state index >= 15 is 0 Å². The predicted octanol–water partition coefficient (Wildman–Crippen LogP) is 23.5. The van der Waals surface area contributed by atoms with Crippen molar-refractivity contribution in [3.8, 4) is 0 Å². The molecule has 1 amide bonds. The average Bonchev–Trinajstić information content (AvgIpc) is 3.46. The zero-order chi connectivity index (χ0) is 57.8. The number of hydrogen-bond acceptors (Lipinski definition) is 5. The largest absolute Gasteiger partial charge is 0.466 e. The minimum Gasteiger partial charge on any atom is -0.466 e. The number of nitrogens with one attached hydrogen (secondary N) is 1. The molecule has 0 saturated carbocycles. The van der Waals surface area contributed by atoms with Crippen LogP contribution in [0.5, 0.6) is 0 Å². The highest BCUT2D eigenvalue weighted by atomic mass is 16.5. The molecule has 0 aliphatic carbocycles. The maximum atomic E-state index is 12.5. The van der Waals surface area contributed by atoms with Crippen LogP contribution in [0.4, 0.5) is 0 Å². The summed E-state index contributed by atoms with van der Waals surface area (Å²) in [5.41, 5.74) is 0. The standard InChI is InChI=1S/C74H141NO5/c1-3-5-7-9-11-13-15-17-19-21-23-31-34-38-42-46-50-54-58-62-66-72(77)71(70-76)75-73(78)67-63-59-55-51-47-43-39-35-32-28-26-24-25-27-29-33-37-41-45-49-53-57-61-65-69-80-74(79)68-64-60-56-52-48-44-40-36-30-22-20-18-16-14-12-10-8-6-4-2/h18,20,26,28,62,66,71-72,76-77H,3-17,19,21-25,27,29-61,63-65,67-70H2,1-2H3,(H,75,78)/b20-18-,28-26-,66-62+. The van der Waals surface area contributed by atoms with Gasteiger partial charge in [-0.15, -0.1) is 0 Å². The zero-order valence-corrected chi connectivity index (χ0v) is 54.1. The molecule has 0 bridgehead atoms. The molecular formula is C74H141NO5. The van der Waals surface area contributed by atoms with E-state index in [2.05, 4.69) is 43.5 Å². The Bertz CT molecular complexity index is 1300. The average molecular weight is 1120 g/mol. The van der Waals surface area contributed by atoms with Crippen LogP contribution < -0.4 is 5.32 Å². The van der Waals surface area contributed by atoms with Crippen LogP contribution in [0.3, 0.4) is 0 Å². The third-order valence-electron chi connectivity index (χ3n) is 16.9. The van der Waals surface area contributed by atoms with Gasteiger partial charge in [0.05, 0.1) is 25.4 Å². The maximum Gasteiger partial charge on any atom is 0.305 e. The number of carbonyl (C=O) groups excluding carboxylic acids is 2.